The monoisotopic (exact) mass is 220 g/mol. The zero-order valence-corrected chi connectivity index (χ0v) is 9.25. The van der Waals surface area contributed by atoms with Crippen molar-refractivity contribution in [3.63, 3.8) is 0 Å². The lowest BCUT2D eigenvalue weighted by molar-refractivity contribution is 0.530. The minimum Gasteiger partial charge on any atom is -0.468 e. The molecule has 78 valence electrons. The predicted octanol–water partition coefficient (Wildman–Crippen LogP) is 3.01. The molecule has 0 aliphatic rings. The van der Waals surface area contributed by atoms with E-state index in [1.165, 1.54) is 0 Å². The maximum absolute atomic E-state index is 5.25. The molecule has 2 aromatic rings. The summed E-state index contributed by atoms with van der Waals surface area (Å²) in [7, 11) is 1.86. The van der Waals surface area contributed by atoms with Gasteiger partial charge in [-0.15, -0.1) is 0 Å². The molecule has 0 aromatic carbocycles. The van der Waals surface area contributed by atoms with Crippen LogP contribution in [0.5, 0.6) is 0 Å². The highest BCUT2D eigenvalue weighted by atomic mass is 32.2. The third-order valence-corrected chi connectivity index (χ3v) is 2.87. The van der Waals surface area contributed by atoms with Gasteiger partial charge in [-0.25, -0.2) is 4.98 Å². The van der Waals surface area contributed by atoms with Gasteiger partial charge >= 0.3 is 0 Å². The molecule has 0 saturated carbocycles. The molecule has 0 bridgehead atoms. The normalized spacial score (nSPS) is 10.2. The van der Waals surface area contributed by atoms with Crippen LogP contribution in [-0.4, -0.2) is 12.0 Å². The van der Waals surface area contributed by atoms with Crippen LogP contribution in [0.15, 0.2) is 46.0 Å². The van der Waals surface area contributed by atoms with Crippen molar-refractivity contribution in [1.29, 1.82) is 0 Å². The number of furan rings is 1. The number of thioether (sulfide) groups is 1. The Morgan fingerprint density at radius 3 is 3.00 bits per heavy atom. The minimum absolute atomic E-state index is 0.813. The van der Waals surface area contributed by atoms with Crippen molar-refractivity contribution in [3.05, 3.63) is 42.4 Å². The Bertz CT molecular complexity index is 414. The first kappa shape index (κ1) is 10.1. The quantitative estimate of drug-likeness (QED) is 0.804. The number of hydrogen-bond donors (Lipinski definition) is 1. The molecule has 2 heterocycles. The SMILES string of the molecule is CNc1cccc(SCc2ccco2)n1. The van der Waals surface area contributed by atoms with E-state index in [2.05, 4.69) is 10.3 Å². The van der Waals surface area contributed by atoms with Gasteiger partial charge in [-0.2, -0.15) is 0 Å². The van der Waals surface area contributed by atoms with E-state index in [1.807, 2.05) is 37.4 Å². The number of anilines is 1. The van der Waals surface area contributed by atoms with E-state index < -0.39 is 0 Å². The number of pyridine rings is 1. The molecule has 4 heteroatoms. The molecule has 3 nitrogen and oxygen atoms in total. The third-order valence-electron chi connectivity index (χ3n) is 1.92. The van der Waals surface area contributed by atoms with Crippen molar-refractivity contribution in [2.75, 3.05) is 12.4 Å². The standard InChI is InChI=1S/C11H12N2OS/c1-12-10-5-2-6-11(13-10)15-8-9-4-3-7-14-9/h2-7H,8H2,1H3,(H,12,13). The van der Waals surface area contributed by atoms with Crippen LogP contribution in [0.2, 0.25) is 0 Å². The van der Waals surface area contributed by atoms with Crippen LogP contribution in [0.1, 0.15) is 5.76 Å². The van der Waals surface area contributed by atoms with E-state index in [1.54, 1.807) is 18.0 Å². The topological polar surface area (TPSA) is 38.1 Å². The molecule has 0 amide bonds. The number of nitrogens with zero attached hydrogens (tertiary/aromatic N) is 1. The van der Waals surface area contributed by atoms with E-state index in [-0.39, 0.29) is 0 Å². The summed E-state index contributed by atoms with van der Waals surface area (Å²) in [5.41, 5.74) is 0. The fourth-order valence-electron chi connectivity index (χ4n) is 1.17. The Morgan fingerprint density at radius 1 is 1.33 bits per heavy atom. The lowest BCUT2D eigenvalue weighted by atomic mass is 10.5. The summed E-state index contributed by atoms with van der Waals surface area (Å²) < 4.78 is 5.25. The first-order chi connectivity index (χ1) is 7.38. The largest absolute Gasteiger partial charge is 0.468 e. The molecular weight excluding hydrogens is 208 g/mol. The van der Waals surface area contributed by atoms with Gasteiger partial charge in [-0.1, -0.05) is 17.8 Å². The zero-order chi connectivity index (χ0) is 10.5. The van der Waals surface area contributed by atoms with Crippen molar-refractivity contribution >= 4 is 17.6 Å². The van der Waals surface area contributed by atoms with Gasteiger partial charge in [0.2, 0.25) is 0 Å². The van der Waals surface area contributed by atoms with Gasteiger partial charge < -0.3 is 9.73 Å². The van der Waals surface area contributed by atoms with Gasteiger partial charge in [-0.3, -0.25) is 0 Å². The molecule has 0 fully saturated rings. The Kier molecular flexibility index (Phi) is 3.29. The summed E-state index contributed by atoms with van der Waals surface area (Å²) in [5.74, 6) is 2.67. The number of hydrogen-bond acceptors (Lipinski definition) is 4. The highest BCUT2D eigenvalue weighted by Gasteiger charge is 2.00. The molecule has 0 aliphatic heterocycles. The Morgan fingerprint density at radius 2 is 2.27 bits per heavy atom. The van der Waals surface area contributed by atoms with Gasteiger partial charge in [0.15, 0.2) is 0 Å². The van der Waals surface area contributed by atoms with E-state index >= 15 is 0 Å². The maximum atomic E-state index is 5.25. The van der Waals surface area contributed by atoms with Crippen LogP contribution in [0, 0.1) is 0 Å². The average Bonchev–Trinajstić information content (AvgIpc) is 2.79. The van der Waals surface area contributed by atoms with Crippen LogP contribution in [0.4, 0.5) is 5.82 Å². The first-order valence-electron chi connectivity index (χ1n) is 4.68. The Labute approximate surface area is 92.9 Å². The summed E-state index contributed by atoms with van der Waals surface area (Å²) in [6, 6.07) is 9.79. The highest BCUT2D eigenvalue weighted by molar-refractivity contribution is 7.98. The van der Waals surface area contributed by atoms with Crippen molar-refractivity contribution in [2.45, 2.75) is 10.8 Å². The van der Waals surface area contributed by atoms with Crippen molar-refractivity contribution in [2.24, 2.45) is 0 Å². The molecular formula is C11H12N2OS. The molecule has 0 aliphatic carbocycles. The lowest BCUT2D eigenvalue weighted by Crippen LogP contribution is -1.92. The Balaban J connectivity index is 1.98. The summed E-state index contributed by atoms with van der Waals surface area (Å²) in [5, 5.41) is 4.01. The fraction of sp³-hybridized carbons (Fsp3) is 0.182. The second-order valence-electron chi connectivity index (χ2n) is 2.98. The first-order valence-corrected chi connectivity index (χ1v) is 5.67. The van der Waals surface area contributed by atoms with E-state index in [4.69, 9.17) is 4.42 Å². The lowest BCUT2D eigenvalue weighted by Gasteiger charge is -2.02. The van der Waals surface area contributed by atoms with Gasteiger partial charge in [0.05, 0.1) is 17.0 Å². The molecule has 2 rings (SSSR count). The second-order valence-corrected chi connectivity index (χ2v) is 3.97. The van der Waals surface area contributed by atoms with E-state index in [9.17, 15) is 0 Å². The van der Waals surface area contributed by atoms with Crippen molar-refractivity contribution in [3.8, 4) is 0 Å². The van der Waals surface area contributed by atoms with Gasteiger partial charge in [0.1, 0.15) is 11.6 Å². The molecule has 0 atom stereocenters. The van der Waals surface area contributed by atoms with Crippen molar-refractivity contribution < 1.29 is 4.42 Å². The Hall–Kier alpha value is -1.42. The second kappa shape index (κ2) is 4.89. The van der Waals surface area contributed by atoms with Gasteiger partial charge in [-0.05, 0) is 24.3 Å². The average molecular weight is 220 g/mol. The molecule has 15 heavy (non-hydrogen) atoms. The van der Waals surface area contributed by atoms with Crippen LogP contribution in [0.3, 0.4) is 0 Å². The zero-order valence-electron chi connectivity index (χ0n) is 8.43. The van der Waals surface area contributed by atoms with E-state index in [0.29, 0.717) is 0 Å². The molecule has 0 saturated heterocycles. The van der Waals surface area contributed by atoms with Crippen LogP contribution < -0.4 is 5.32 Å². The van der Waals surface area contributed by atoms with E-state index in [0.717, 1.165) is 22.4 Å². The van der Waals surface area contributed by atoms with Gasteiger partial charge in [0, 0.05) is 7.05 Å². The molecule has 0 unspecified atom stereocenters. The van der Waals surface area contributed by atoms with Gasteiger partial charge in [0.25, 0.3) is 0 Å². The molecule has 0 radical (unpaired) electrons. The summed E-state index contributed by atoms with van der Waals surface area (Å²) in [6.45, 7) is 0. The summed E-state index contributed by atoms with van der Waals surface area (Å²) in [4.78, 5) is 4.40. The minimum atomic E-state index is 0.813. The number of nitrogens with one attached hydrogen (secondary N) is 1. The van der Waals surface area contributed by atoms with Crippen molar-refractivity contribution in [1.82, 2.24) is 4.98 Å². The maximum Gasteiger partial charge on any atom is 0.126 e. The molecule has 1 N–H and O–H groups in total. The summed E-state index contributed by atoms with van der Waals surface area (Å²) in [6.07, 6.45) is 1.69. The van der Waals surface area contributed by atoms with Crippen LogP contribution in [0.25, 0.3) is 0 Å². The molecule has 2 aromatic heterocycles. The fourth-order valence-corrected chi connectivity index (χ4v) is 1.97. The summed E-state index contributed by atoms with van der Waals surface area (Å²) >= 11 is 1.66. The number of aromatic nitrogens is 1. The molecule has 0 spiro atoms. The highest BCUT2D eigenvalue weighted by Crippen LogP contribution is 2.21. The third kappa shape index (κ3) is 2.76. The van der Waals surface area contributed by atoms with Crippen LogP contribution >= 0.6 is 11.8 Å². The van der Waals surface area contributed by atoms with Crippen LogP contribution in [-0.2, 0) is 5.75 Å². The smallest absolute Gasteiger partial charge is 0.126 e. The number of rotatable bonds is 4. The predicted molar refractivity (Wildman–Crippen MR) is 62.1 cm³/mol.